The van der Waals surface area contributed by atoms with E-state index < -0.39 is 0 Å². The molecule has 1 fully saturated rings. The summed E-state index contributed by atoms with van der Waals surface area (Å²) in [7, 11) is 0. The summed E-state index contributed by atoms with van der Waals surface area (Å²) in [6.07, 6.45) is 2.95. The normalized spacial score (nSPS) is 20.5. The number of carbonyl (C=O) groups is 1. The molecule has 0 bridgehead atoms. The van der Waals surface area contributed by atoms with Crippen molar-refractivity contribution >= 4 is 27.3 Å². The molecule has 2 N–H and O–H groups in total. The van der Waals surface area contributed by atoms with Crippen LogP contribution < -0.4 is 5.73 Å². The van der Waals surface area contributed by atoms with Crippen molar-refractivity contribution in [1.29, 1.82) is 0 Å². The van der Waals surface area contributed by atoms with E-state index in [0.29, 0.717) is 0 Å². The third kappa shape index (κ3) is 2.65. The van der Waals surface area contributed by atoms with Crippen molar-refractivity contribution in [2.75, 3.05) is 13.1 Å². The molecular weight excluding hydrogens is 256 g/mol. The number of nitrogens with two attached hydrogens (primary N) is 1. The minimum atomic E-state index is 0.162. The molecule has 1 unspecified atom stereocenters. The van der Waals surface area contributed by atoms with Crippen molar-refractivity contribution in [2.45, 2.75) is 25.3 Å². The topological polar surface area (TPSA) is 46.3 Å². The van der Waals surface area contributed by atoms with Crippen LogP contribution in [0.4, 0.5) is 0 Å². The van der Waals surface area contributed by atoms with Gasteiger partial charge in [-0.15, -0.1) is 11.3 Å². The maximum Gasteiger partial charge on any atom is 0.263 e. The Morgan fingerprint density at radius 2 is 2.11 bits per heavy atom. The molecule has 0 spiro atoms. The highest BCUT2D eigenvalue weighted by Crippen LogP contribution is 2.26. The first kappa shape index (κ1) is 12.6. The van der Waals surface area contributed by atoms with E-state index in [-0.39, 0.29) is 11.9 Å². The lowest BCUT2D eigenvalue weighted by molar-refractivity contribution is 0.0766. The third-order valence-electron chi connectivity index (χ3n) is 3.70. The average Bonchev–Trinajstić information content (AvgIpc) is 2.74. The molecule has 1 amide bonds. The molecule has 0 radical (unpaired) electrons. The van der Waals surface area contributed by atoms with Gasteiger partial charge in [-0.2, -0.15) is 0 Å². The van der Waals surface area contributed by atoms with Crippen LogP contribution in [0.25, 0.3) is 10.1 Å². The lowest BCUT2D eigenvalue weighted by Gasteiger charge is -2.19. The summed E-state index contributed by atoms with van der Waals surface area (Å²) in [4.78, 5) is 15.3. The Hall–Kier alpha value is -1.39. The Kier molecular flexibility index (Phi) is 3.53. The number of carbonyl (C=O) groups excluding carboxylic acids is 1. The zero-order valence-electron chi connectivity index (χ0n) is 10.8. The highest BCUT2D eigenvalue weighted by Gasteiger charge is 2.21. The molecule has 4 heteroatoms. The highest BCUT2D eigenvalue weighted by atomic mass is 32.1. The van der Waals surface area contributed by atoms with Crippen molar-refractivity contribution < 1.29 is 4.79 Å². The standard InChI is InChI=1S/C15H18N2OS/c16-12-5-3-8-17(9-7-12)15(18)14-10-11-4-1-2-6-13(11)19-14/h1-2,4,6,10,12H,3,5,7-9,16H2. The van der Waals surface area contributed by atoms with Crippen LogP contribution in [-0.4, -0.2) is 29.9 Å². The van der Waals surface area contributed by atoms with E-state index in [2.05, 4.69) is 12.1 Å². The van der Waals surface area contributed by atoms with Crippen LogP contribution in [0.15, 0.2) is 30.3 Å². The molecule has 3 nitrogen and oxygen atoms in total. The number of fused-ring (bicyclic) bond motifs is 1. The number of hydrogen-bond acceptors (Lipinski definition) is 3. The number of rotatable bonds is 1. The molecule has 1 saturated heterocycles. The zero-order valence-corrected chi connectivity index (χ0v) is 11.7. The molecule has 3 rings (SSSR count). The summed E-state index contributed by atoms with van der Waals surface area (Å²) in [6.45, 7) is 1.62. The third-order valence-corrected chi connectivity index (χ3v) is 4.80. The fourth-order valence-electron chi connectivity index (χ4n) is 2.57. The Morgan fingerprint density at radius 1 is 1.26 bits per heavy atom. The van der Waals surface area contributed by atoms with E-state index in [1.807, 2.05) is 23.1 Å². The SMILES string of the molecule is NC1CCCN(C(=O)c2cc3ccccc3s2)CC1. The van der Waals surface area contributed by atoms with Crippen LogP contribution in [0.5, 0.6) is 0 Å². The van der Waals surface area contributed by atoms with Crippen LogP contribution in [-0.2, 0) is 0 Å². The fraction of sp³-hybridized carbons (Fsp3) is 0.400. The predicted octanol–water partition coefficient (Wildman–Crippen LogP) is 2.85. The van der Waals surface area contributed by atoms with Gasteiger partial charge in [0.05, 0.1) is 4.88 Å². The Labute approximate surface area is 117 Å². The lowest BCUT2D eigenvalue weighted by Crippen LogP contribution is -2.32. The number of nitrogens with zero attached hydrogens (tertiary/aromatic N) is 1. The largest absolute Gasteiger partial charge is 0.338 e. The fourth-order valence-corrected chi connectivity index (χ4v) is 3.60. The van der Waals surface area contributed by atoms with Crippen molar-refractivity contribution in [3.63, 3.8) is 0 Å². The molecule has 1 aromatic carbocycles. The van der Waals surface area contributed by atoms with Gasteiger partial charge in [0.25, 0.3) is 5.91 Å². The molecule has 0 saturated carbocycles. The Morgan fingerprint density at radius 3 is 2.95 bits per heavy atom. The van der Waals surface area contributed by atoms with Crippen LogP contribution >= 0.6 is 11.3 Å². The molecule has 1 atom stereocenters. The van der Waals surface area contributed by atoms with Gasteiger partial charge < -0.3 is 10.6 Å². The lowest BCUT2D eigenvalue weighted by atomic mass is 10.1. The number of benzene rings is 1. The Balaban J connectivity index is 1.82. The first-order valence-electron chi connectivity index (χ1n) is 6.77. The quantitative estimate of drug-likeness (QED) is 0.869. The summed E-state index contributed by atoms with van der Waals surface area (Å²) in [5, 5.41) is 1.15. The molecule has 0 aliphatic carbocycles. The highest BCUT2D eigenvalue weighted by molar-refractivity contribution is 7.20. The molecule has 1 aliphatic rings. The predicted molar refractivity (Wildman–Crippen MR) is 79.6 cm³/mol. The second kappa shape index (κ2) is 5.31. The molecule has 1 aromatic heterocycles. The van der Waals surface area contributed by atoms with Crippen molar-refractivity contribution in [3.8, 4) is 0 Å². The van der Waals surface area contributed by atoms with Crippen LogP contribution in [0, 0.1) is 0 Å². The summed E-state index contributed by atoms with van der Waals surface area (Å²) < 4.78 is 1.18. The maximum atomic E-state index is 12.5. The molecular formula is C15H18N2OS. The van der Waals surface area contributed by atoms with Gasteiger partial charge in [0.2, 0.25) is 0 Å². The van der Waals surface area contributed by atoms with Crippen molar-refractivity contribution in [2.24, 2.45) is 5.73 Å². The second-order valence-corrected chi connectivity index (χ2v) is 6.22. The van der Waals surface area contributed by atoms with Gasteiger partial charge in [0, 0.05) is 23.8 Å². The van der Waals surface area contributed by atoms with Crippen molar-refractivity contribution in [1.82, 2.24) is 4.90 Å². The van der Waals surface area contributed by atoms with Gasteiger partial charge in [-0.3, -0.25) is 4.79 Å². The smallest absolute Gasteiger partial charge is 0.263 e. The van der Waals surface area contributed by atoms with E-state index in [0.717, 1.165) is 42.6 Å². The van der Waals surface area contributed by atoms with E-state index in [9.17, 15) is 4.79 Å². The number of amides is 1. The van der Waals surface area contributed by atoms with Gasteiger partial charge in [-0.05, 0) is 36.8 Å². The molecule has 100 valence electrons. The molecule has 1 aliphatic heterocycles. The van der Waals surface area contributed by atoms with Crippen molar-refractivity contribution in [3.05, 3.63) is 35.2 Å². The van der Waals surface area contributed by atoms with Gasteiger partial charge in [0.1, 0.15) is 0 Å². The average molecular weight is 274 g/mol. The summed E-state index contributed by atoms with van der Waals surface area (Å²) >= 11 is 1.58. The van der Waals surface area contributed by atoms with E-state index in [1.54, 1.807) is 11.3 Å². The van der Waals surface area contributed by atoms with E-state index >= 15 is 0 Å². The van der Waals surface area contributed by atoms with E-state index in [1.165, 1.54) is 4.70 Å². The number of thiophene rings is 1. The van der Waals surface area contributed by atoms with E-state index in [4.69, 9.17) is 5.73 Å². The monoisotopic (exact) mass is 274 g/mol. The summed E-state index contributed by atoms with van der Waals surface area (Å²) in [6, 6.07) is 10.4. The first-order valence-corrected chi connectivity index (χ1v) is 7.59. The maximum absolute atomic E-state index is 12.5. The van der Waals surface area contributed by atoms with Gasteiger partial charge in [-0.1, -0.05) is 18.2 Å². The Bertz CT molecular complexity index is 560. The van der Waals surface area contributed by atoms with Gasteiger partial charge in [-0.25, -0.2) is 0 Å². The van der Waals surface area contributed by atoms with Crippen LogP contribution in [0.2, 0.25) is 0 Å². The summed E-state index contributed by atoms with van der Waals surface area (Å²) in [5.74, 6) is 0.162. The summed E-state index contributed by atoms with van der Waals surface area (Å²) in [5.41, 5.74) is 5.96. The molecule has 2 heterocycles. The second-order valence-electron chi connectivity index (χ2n) is 5.13. The van der Waals surface area contributed by atoms with Gasteiger partial charge in [0.15, 0.2) is 0 Å². The van der Waals surface area contributed by atoms with Crippen LogP contribution in [0.1, 0.15) is 28.9 Å². The number of likely N-dealkylation sites (tertiary alicyclic amines) is 1. The number of hydrogen-bond donors (Lipinski definition) is 1. The minimum absolute atomic E-state index is 0.162. The molecule has 19 heavy (non-hydrogen) atoms. The molecule has 2 aromatic rings. The minimum Gasteiger partial charge on any atom is -0.338 e. The van der Waals surface area contributed by atoms with Crippen LogP contribution in [0.3, 0.4) is 0 Å². The zero-order chi connectivity index (χ0) is 13.2. The first-order chi connectivity index (χ1) is 9.24. The van der Waals surface area contributed by atoms with Gasteiger partial charge >= 0.3 is 0 Å².